The van der Waals surface area contributed by atoms with Crippen LogP contribution >= 0.6 is 17.8 Å². The van der Waals surface area contributed by atoms with E-state index in [-0.39, 0.29) is 0 Å². The molecule has 0 heterocycles. The molecule has 0 aromatic rings. The Bertz CT molecular complexity index is 97.9. The molecule has 0 fully saturated rings. The van der Waals surface area contributed by atoms with Crippen LogP contribution in [-0.2, 0) is 7.87 Å². The Morgan fingerprint density at radius 1 is 1.62 bits per heavy atom. The topological polar surface area (TPSA) is 26.3 Å². The molecule has 0 saturated heterocycles. The maximum absolute atomic E-state index is 10.1. The molecular formula is C3H6Cl2O2Sn. The van der Waals surface area contributed by atoms with E-state index >= 15 is 0 Å². The van der Waals surface area contributed by atoms with Crippen molar-refractivity contribution < 1.29 is 7.87 Å². The zero-order valence-electron chi connectivity index (χ0n) is 4.57. The average Bonchev–Trinajstić information content (AvgIpc) is 1.21. The van der Waals surface area contributed by atoms with Crippen LogP contribution in [0, 0.1) is 0 Å². The molecular weight excluding hydrogens is 258 g/mol. The summed E-state index contributed by atoms with van der Waals surface area (Å²) in [5.74, 6) is -0.395. The van der Waals surface area contributed by atoms with Crippen LogP contribution in [0.15, 0.2) is 0 Å². The molecule has 0 atom stereocenters. The van der Waals surface area contributed by atoms with Crippen LogP contribution in [0.3, 0.4) is 0 Å². The van der Waals surface area contributed by atoms with Gasteiger partial charge in [0.05, 0.1) is 0 Å². The van der Waals surface area contributed by atoms with E-state index in [0.29, 0.717) is 0 Å². The third-order valence-electron chi connectivity index (χ3n) is 0.323. The Balaban J connectivity index is 3.55. The Morgan fingerprint density at radius 2 is 2.00 bits per heavy atom. The summed E-state index contributed by atoms with van der Waals surface area (Å²) in [5.41, 5.74) is 0. The van der Waals surface area contributed by atoms with E-state index in [0.717, 1.165) is 0 Å². The Labute approximate surface area is 60.0 Å². The molecule has 5 heteroatoms. The van der Waals surface area contributed by atoms with Gasteiger partial charge in [0.15, 0.2) is 0 Å². The van der Waals surface area contributed by atoms with Crippen LogP contribution in [0.4, 0.5) is 0 Å². The molecule has 0 aromatic carbocycles. The van der Waals surface area contributed by atoms with Crippen LogP contribution in [-0.4, -0.2) is 22.5 Å². The van der Waals surface area contributed by atoms with Crippen molar-refractivity contribution >= 4 is 40.3 Å². The Morgan fingerprint density at radius 3 is 2.00 bits per heavy atom. The summed E-state index contributed by atoms with van der Waals surface area (Å²) >= 11 is -3.26. The molecule has 0 spiro atoms. The van der Waals surface area contributed by atoms with Crippen molar-refractivity contribution in [3.8, 4) is 0 Å². The van der Waals surface area contributed by atoms with E-state index in [1.807, 2.05) is 0 Å². The summed E-state index contributed by atoms with van der Waals surface area (Å²) < 4.78 is 4.54. The van der Waals surface area contributed by atoms with Gasteiger partial charge in [0.1, 0.15) is 0 Å². The van der Waals surface area contributed by atoms with Crippen LogP contribution in [0.2, 0.25) is 4.94 Å². The number of hydrogen-bond donors (Lipinski definition) is 0. The van der Waals surface area contributed by atoms with Gasteiger partial charge in [0, 0.05) is 0 Å². The average molecular weight is 264 g/mol. The van der Waals surface area contributed by atoms with Gasteiger partial charge in [0.2, 0.25) is 0 Å². The molecule has 0 N–H and O–H groups in total. The van der Waals surface area contributed by atoms with E-state index in [2.05, 4.69) is 3.07 Å². The predicted molar refractivity (Wildman–Crippen MR) is 35.1 cm³/mol. The van der Waals surface area contributed by atoms with E-state index < -0.39 is 22.5 Å². The monoisotopic (exact) mass is 264 g/mol. The summed E-state index contributed by atoms with van der Waals surface area (Å²) in [4.78, 5) is 11.7. The van der Waals surface area contributed by atoms with Gasteiger partial charge < -0.3 is 0 Å². The fourth-order valence-electron chi connectivity index (χ4n) is 0.252. The second-order valence-corrected chi connectivity index (χ2v) is 17.6. The normalized spacial score (nSPS) is 11.0. The number of rotatable bonds is 1. The fraction of sp³-hybridized carbons (Fsp3) is 0.667. The molecule has 2 nitrogen and oxygen atoms in total. The summed E-state index contributed by atoms with van der Waals surface area (Å²) in [6.45, 7) is 1.29. The third kappa shape index (κ3) is 6.85. The van der Waals surface area contributed by atoms with Gasteiger partial charge in [-0.15, -0.1) is 0 Å². The first-order chi connectivity index (χ1) is 3.42. The van der Waals surface area contributed by atoms with Crippen molar-refractivity contribution in [3.05, 3.63) is 0 Å². The molecule has 0 aromatic heterocycles. The standard InChI is InChI=1S/C2H4O2.CH3.2ClH.Sn/c1-2(3)4;;;;/h1H3,(H,3,4);1H3;2*1H;/q;;;;+3/p-3. The Hall–Kier alpha value is 0.849. The van der Waals surface area contributed by atoms with Gasteiger partial charge in [-0.2, -0.15) is 0 Å². The molecule has 0 aliphatic carbocycles. The van der Waals surface area contributed by atoms with Crippen LogP contribution in [0.25, 0.3) is 0 Å². The zero-order chi connectivity index (χ0) is 6.78. The number of carbonyl (C=O) groups is 1. The van der Waals surface area contributed by atoms with Crippen molar-refractivity contribution in [1.82, 2.24) is 0 Å². The summed E-state index contributed by atoms with van der Waals surface area (Å²) in [5, 5.41) is 0. The van der Waals surface area contributed by atoms with Crippen molar-refractivity contribution in [1.29, 1.82) is 0 Å². The molecule has 8 heavy (non-hydrogen) atoms. The van der Waals surface area contributed by atoms with Gasteiger partial charge in [0.25, 0.3) is 0 Å². The SMILES string of the molecule is CC(=O)[O][Sn]([CH3])([Cl])[Cl]. The summed E-state index contributed by atoms with van der Waals surface area (Å²) in [7, 11) is 10.9. The van der Waals surface area contributed by atoms with Gasteiger partial charge in [-0.05, 0) is 0 Å². The molecule has 0 unspecified atom stereocenters. The minimum atomic E-state index is -3.26. The van der Waals surface area contributed by atoms with E-state index in [1.54, 1.807) is 4.94 Å². The first-order valence-corrected chi connectivity index (χ1v) is 13.2. The van der Waals surface area contributed by atoms with E-state index in [4.69, 9.17) is 17.8 Å². The number of halogens is 2. The molecule has 0 saturated carbocycles. The molecule has 0 radical (unpaired) electrons. The van der Waals surface area contributed by atoms with Gasteiger partial charge in [-0.25, -0.2) is 0 Å². The second-order valence-electron chi connectivity index (χ2n) is 1.40. The van der Waals surface area contributed by atoms with Gasteiger partial charge >= 0.3 is 60.1 Å². The molecule has 0 bridgehead atoms. The maximum atomic E-state index is 10.1. The fourth-order valence-corrected chi connectivity index (χ4v) is 3.15. The molecule has 0 amide bonds. The second kappa shape index (κ2) is 3.13. The summed E-state index contributed by atoms with van der Waals surface area (Å²) in [6, 6.07) is 0. The number of hydrogen-bond acceptors (Lipinski definition) is 2. The summed E-state index contributed by atoms with van der Waals surface area (Å²) in [6.07, 6.45) is 0. The quantitative estimate of drug-likeness (QED) is 0.672. The first-order valence-electron chi connectivity index (χ1n) is 1.99. The van der Waals surface area contributed by atoms with Crippen LogP contribution in [0.5, 0.6) is 0 Å². The molecule has 48 valence electrons. The van der Waals surface area contributed by atoms with E-state index in [9.17, 15) is 4.79 Å². The van der Waals surface area contributed by atoms with Gasteiger partial charge in [-0.3, -0.25) is 0 Å². The molecule has 0 aliphatic rings. The zero-order valence-corrected chi connectivity index (χ0v) is 8.94. The first kappa shape index (κ1) is 8.85. The van der Waals surface area contributed by atoms with Gasteiger partial charge in [-0.1, -0.05) is 0 Å². The Kier molecular flexibility index (Phi) is 3.46. The predicted octanol–water partition coefficient (Wildman–Crippen LogP) is 1.60. The van der Waals surface area contributed by atoms with Crippen molar-refractivity contribution in [2.45, 2.75) is 11.9 Å². The third-order valence-corrected chi connectivity index (χ3v) is 3.20. The van der Waals surface area contributed by atoms with Crippen LogP contribution < -0.4 is 0 Å². The van der Waals surface area contributed by atoms with Crippen molar-refractivity contribution in [2.24, 2.45) is 0 Å². The van der Waals surface area contributed by atoms with Crippen molar-refractivity contribution in [2.75, 3.05) is 0 Å². The molecule has 0 rings (SSSR count). The van der Waals surface area contributed by atoms with Crippen LogP contribution in [0.1, 0.15) is 6.92 Å². The molecule has 0 aliphatic heterocycles. The van der Waals surface area contributed by atoms with Crippen molar-refractivity contribution in [3.63, 3.8) is 0 Å². The van der Waals surface area contributed by atoms with E-state index in [1.165, 1.54) is 6.92 Å². The minimum absolute atomic E-state index is 0.395. The number of carbonyl (C=O) groups excluding carboxylic acids is 1.